The molecule has 2 heterocycles. The van der Waals surface area contributed by atoms with Gasteiger partial charge in [-0.3, -0.25) is 19.7 Å². The molecule has 0 spiro atoms. The van der Waals surface area contributed by atoms with Crippen LogP contribution in [-0.2, 0) is 16.1 Å². The Bertz CT molecular complexity index is 723. The van der Waals surface area contributed by atoms with E-state index in [2.05, 4.69) is 10.2 Å². The summed E-state index contributed by atoms with van der Waals surface area (Å²) in [7, 11) is 0. The summed E-state index contributed by atoms with van der Waals surface area (Å²) >= 11 is 6.11. The number of piperidine rings is 1. The lowest BCUT2D eigenvalue weighted by molar-refractivity contribution is -0.136. The van der Waals surface area contributed by atoms with Crippen molar-refractivity contribution in [2.24, 2.45) is 0 Å². The molecule has 1 atom stereocenters. The highest BCUT2D eigenvalue weighted by molar-refractivity contribution is 6.32. The fraction of sp³-hybridized carbons (Fsp3) is 0.286. The topological polar surface area (TPSA) is 70.8 Å². The molecule has 0 bridgehead atoms. The van der Waals surface area contributed by atoms with Crippen LogP contribution >= 0.6 is 11.6 Å². The van der Waals surface area contributed by atoms with Crippen LogP contribution in [0.4, 0.5) is 5.69 Å². The molecule has 0 aromatic heterocycles. The predicted octanol–water partition coefficient (Wildman–Crippen LogP) is 1.65. The Balaban J connectivity index is 1.94. The van der Waals surface area contributed by atoms with Crippen molar-refractivity contribution in [2.45, 2.75) is 25.4 Å². The first kappa shape index (κ1) is 13.6. The van der Waals surface area contributed by atoms with Crippen molar-refractivity contribution >= 4 is 35.0 Å². The summed E-state index contributed by atoms with van der Waals surface area (Å²) in [5, 5.41) is 2.59. The largest absolute Gasteiger partial charge is 0.322 e. The molecule has 1 aromatic carbocycles. The normalized spacial score (nSPS) is 21.0. The fourth-order valence-electron chi connectivity index (χ4n) is 2.67. The van der Waals surface area contributed by atoms with Crippen LogP contribution in [0.25, 0.3) is 4.85 Å². The maximum atomic E-state index is 12.4. The monoisotopic (exact) mass is 303 g/mol. The Morgan fingerprint density at radius 1 is 1.33 bits per heavy atom. The lowest BCUT2D eigenvalue weighted by atomic mass is 10.0. The molecule has 0 saturated carbocycles. The Kier molecular flexibility index (Phi) is 3.15. The van der Waals surface area contributed by atoms with Crippen molar-refractivity contribution in [1.82, 2.24) is 10.2 Å². The summed E-state index contributed by atoms with van der Waals surface area (Å²) in [6.07, 6.45) is 0.509. The van der Waals surface area contributed by atoms with Crippen LogP contribution in [0.1, 0.15) is 28.8 Å². The quantitative estimate of drug-likeness (QED) is 0.633. The number of carbonyl (C=O) groups excluding carboxylic acids is 3. The second kappa shape index (κ2) is 4.86. The highest BCUT2D eigenvalue weighted by Crippen LogP contribution is 2.35. The molecule has 1 fully saturated rings. The van der Waals surface area contributed by atoms with Gasteiger partial charge in [0, 0.05) is 29.1 Å². The van der Waals surface area contributed by atoms with E-state index in [9.17, 15) is 14.4 Å². The van der Waals surface area contributed by atoms with E-state index in [4.69, 9.17) is 18.2 Å². The number of nitrogens with one attached hydrogen (secondary N) is 1. The molecule has 106 valence electrons. The summed E-state index contributed by atoms with van der Waals surface area (Å²) in [5.74, 6) is -1.12. The van der Waals surface area contributed by atoms with Crippen molar-refractivity contribution in [3.8, 4) is 0 Å². The van der Waals surface area contributed by atoms with E-state index in [0.29, 0.717) is 22.6 Å². The number of rotatable bonds is 1. The number of carbonyl (C=O) groups is 3. The zero-order valence-corrected chi connectivity index (χ0v) is 11.6. The van der Waals surface area contributed by atoms with E-state index in [1.807, 2.05) is 0 Å². The number of hydrogen-bond acceptors (Lipinski definition) is 3. The second-order valence-electron chi connectivity index (χ2n) is 4.97. The number of imide groups is 1. The van der Waals surface area contributed by atoms with E-state index in [1.165, 1.54) is 17.0 Å². The van der Waals surface area contributed by atoms with Gasteiger partial charge >= 0.3 is 0 Å². The zero-order chi connectivity index (χ0) is 15.1. The van der Waals surface area contributed by atoms with E-state index in [-0.39, 0.29) is 30.5 Å². The molecule has 1 saturated heterocycles. The van der Waals surface area contributed by atoms with Crippen LogP contribution < -0.4 is 5.32 Å². The van der Waals surface area contributed by atoms with Crippen LogP contribution in [0.2, 0.25) is 5.02 Å². The fourth-order valence-corrected chi connectivity index (χ4v) is 2.94. The minimum Gasteiger partial charge on any atom is -0.322 e. The van der Waals surface area contributed by atoms with Crippen molar-refractivity contribution in [3.63, 3.8) is 0 Å². The van der Waals surface area contributed by atoms with Crippen LogP contribution in [0.5, 0.6) is 0 Å². The average Bonchev–Trinajstić information content (AvgIpc) is 2.77. The molecule has 6 nitrogen and oxygen atoms in total. The van der Waals surface area contributed by atoms with Crippen LogP contribution in [0.3, 0.4) is 0 Å². The van der Waals surface area contributed by atoms with Gasteiger partial charge in [-0.1, -0.05) is 11.6 Å². The molecule has 1 N–H and O–H groups in total. The van der Waals surface area contributed by atoms with Gasteiger partial charge in [-0.05, 0) is 18.6 Å². The molecule has 1 unspecified atom stereocenters. The van der Waals surface area contributed by atoms with Crippen LogP contribution in [0, 0.1) is 6.57 Å². The van der Waals surface area contributed by atoms with Crippen LogP contribution in [0.15, 0.2) is 12.1 Å². The number of halogens is 1. The molecule has 1 aromatic rings. The summed E-state index contributed by atoms with van der Waals surface area (Å²) in [4.78, 5) is 40.2. The maximum absolute atomic E-state index is 12.4. The second-order valence-corrected chi connectivity index (χ2v) is 5.37. The molecule has 7 heteroatoms. The molecule has 3 rings (SSSR count). The Labute approximate surface area is 125 Å². The van der Waals surface area contributed by atoms with Gasteiger partial charge < -0.3 is 4.90 Å². The first-order valence-corrected chi connectivity index (χ1v) is 6.73. The molecule has 2 aliphatic heterocycles. The number of nitrogens with zero attached hydrogens (tertiary/aromatic N) is 2. The number of amides is 3. The first-order valence-electron chi connectivity index (χ1n) is 6.36. The average molecular weight is 304 g/mol. The Morgan fingerprint density at radius 3 is 2.76 bits per heavy atom. The first-order chi connectivity index (χ1) is 10.0. The van der Waals surface area contributed by atoms with Gasteiger partial charge in [0.15, 0.2) is 5.69 Å². The molecule has 2 aliphatic rings. The predicted molar refractivity (Wildman–Crippen MR) is 73.8 cm³/mol. The minimum absolute atomic E-state index is 0.206. The van der Waals surface area contributed by atoms with Crippen molar-refractivity contribution in [2.75, 3.05) is 0 Å². The van der Waals surface area contributed by atoms with Gasteiger partial charge in [0.05, 0.1) is 6.57 Å². The molecular formula is C14H10ClN3O3. The maximum Gasteiger partial charge on any atom is 0.253 e. The molecule has 21 heavy (non-hydrogen) atoms. The molecular weight excluding hydrogens is 294 g/mol. The zero-order valence-electron chi connectivity index (χ0n) is 10.9. The molecule has 3 amide bonds. The summed E-state index contributed by atoms with van der Waals surface area (Å²) in [6, 6.07) is 2.33. The van der Waals surface area contributed by atoms with Gasteiger partial charge in [0.1, 0.15) is 6.04 Å². The Hall–Kier alpha value is -2.39. The van der Waals surface area contributed by atoms with Gasteiger partial charge in [-0.2, -0.15) is 0 Å². The van der Waals surface area contributed by atoms with Crippen molar-refractivity contribution in [3.05, 3.63) is 39.7 Å². The lowest BCUT2D eigenvalue weighted by Gasteiger charge is -2.29. The summed E-state index contributed by atoms with van der Waals surface area (Å²) < 4.78 is 0. The van der Waals surface area contributed by atoms with Gasteiger partial charge in [0.2, 0.25) is 11.8 Å². The third-order valence-corrected chi connectivity index (χ3v) is 4.05. The third-order valence-electron chi connectivity index (χ3n) is 3.72. The number of benzene rings is 1. The van der Waals surface area contributed by atoms with E-state index >= 15 is 0 Å². The number of hydrogen-bond donors (Lipinski definition) is 1. The van der Waals surface area contributed by atoms with Crippen molar-refractivity contribution < 1.29 is 14.4 Å². The Morgan fingerprint density at radius 2 is 2.10 bits per heavy atom. The van der Waals surface area contributed by atoms with Gasteiger partial charge in [-0.15, -0.1) is 0 Å². The van der Waals surface area contributed by atoms with E-state index < -0.39 is 11.9 Å². The van der Waals surface area contributed by atoms with Crippen molar-refractivity contribution in [1.29, 1.82) is 0 Å². The third kappa shape index (κ3) is 2.16. The SMILES string of the molecule is [C-]#[N+]c1cc(Cl)c2c(c1)C(=O)N(C1CCC(=O)NC1=O)C2. The lowest BCUT2D eigenvalue weighted by Crippen LogP contribution is -2.52. The van der Waals surface area contributed by atoms with Gasteiger partial charge in [-0.25, -0.2) is 4.85 Å². The van der Waals surface area contributed by atoms with Crippen LogP contribution in [-0.4, -0.2) is 28.7 Å². The summed E-state index contributed by atoms with van der Waals surface area (Å²) in [6.45, 7) is 7.23. The van der Waals surface area contributed by atoms with Gasteiger partial charge in [0.25, 0.3) is 5.91 Å². The van der Waals surface area contributed by atoms with E-state index in [0.717, 1.165) is 0 Å². The highest BCUT2D eigenvalue weighted by atomic mass is 35.5. The molecule has 0 radical (unpaired) electrons. The number of fused-ring (bicyclic) bond motifs is 1. The highest BCUT2D eigenvalue weighted by Gasteiger charge is 2.39. The summed E-state index contributed by atoms with van der Waals surface area (Å²) in [5.41, 5.74) is 1.27. The standard InChI is InChI=1S/C14H10ClN3O3/c1-16-7-4-8-9(10(15)5-7)6-18(14(8)21)11-2-3-12(19)17-13(11)20/h4-5,11H,2-3,6H2,(H,17,19,20). The smallest absolute Gasteiger partial charge is 0.253 e. The minimum atomic E-state index is -0.671. The molecule has 0 aliphatic carbocycles. The van der Waals surface area contributed by atoms with E-state index in [1.54, 1.807) is 0 Å².